The molecule has 0 unspecified atom stereocenters. The summed E-state index contributed by atoms with van der Waals surface area (Å²) in [7, 11) is 0. The Balaban J connectivity index is 1.95. The van der Waals surface area contributed by atoms with Gasteiger partial charge in [-0.15, -0.1) is 0 Å². The molecule has 2 rings (SSSR count). The highest BCUT2D eigenvalue weighted by atomic mass is 35.5. The van der Waals surface area contributed by atoms with E-state index in [2.05, 4.69) is 20.3 Å². The van der Waals surface area contributed by atoms with Crippen molar-refractivity contribution in [2.45, 2.75) is 6.42 Å². The van der Waals surface area contributed by atoms with E-state index in [4.69, 9.17) is 11.6 Å². The van der Waals surface area contributed by atoms with Gasteiger partial charge in [-0.3, -0.25) is 9.78 Å². The van der Waals surface area contributed by atoms with E-state index < -0.39 is 0 Å². The molecule has 0 aromatic carbocycles. The van der Waals surface area contributed by atoms with Crippen LogP contribution in [0.1, 0.15) is 5.56 Å². The van der Waals surface area contributed by atoms with E-state index in [0.717, 1.165) is 12.0 Å². The second-order valence-corrected chi connectivity index (χ2v) is 3.80. The molecule has 2 heterocycles. The summed E-state index contributed by atoms with van der Waals surface area (Å²) in [6, 6.07) is 3.88. The van der Waals surface area contributed by atoms with Crippen molar-refractivity contribution in [3.63, 3.8) is 0 Å². The molecule has 88 valence electrons. The van der Waals surface area contributed by atoms with E-state index in [9.17, 15) is 4.79 Å². The molecule has 0 atom stereocenters. The molecule has 0 aliphatic rings. The monoisotopic (exact) mass is 250 g/mol. The van der Waals surface area contributed by atoms with Gasteiger partial charge in [0.2, 0.25) is 0 Å². The van der Waals surface area contributed by atoms with Crippen LogP contribution < -0.4 is 10.9 Å². The van der Waals surface area contributed by atoms with Crippen LogP contribution in [0.25, 0.3) is 0 Å². The minimum absolute atomic E-state index is 0.0854. The molecule has 0 spiro atoms. The van der Waals surface area contributed by atoms with Gasteiger partial charge in [-0.05, 0) is 24.1 Å². The Morgan fingerprint density at radius 3 is 2.88 bits per heavy atom. The molecule has 0 amide bonds. The molecule has 2 aromatic heterocycles. The summed E-state index contributed by atoms with van der Waals surface area (Å²) in [5, 5.41) is 3.10. The van der Waals surface area contributed by atoms with Crippen molar-refractivity contribution in [2.75, 3.05) is 11.9 Å². The Bertz CT molecular complexity index is 541. The fourth-order valence-corrected chi connectivity index (χ4v) is 1.55. The molecular formula is C11H11ClN4O. The van der Waals surface area contributed by atoms with Crippen LogP contribution in [0.5, 0.6) is 0 Å². The third-order valence-electron chi connectivity index (χ3n) is 2.25. The fraction of sp³-hybridized carbons (Fsp3) is 0.182. The minimum atomic E-state index is -0.340. The minimum Gasteiger partial charge on any atom is -0.368 e. The van der Waals surface area contributed by atoms with Gasteiger partial charge in [0.25, 0.3) is 5.56 Å². The predicted molar refractivity (Wildman–Crippen MR) is 66.3 cm³/mol. The van der Waals surface area contributed by atoms with Gasteiger partial charge in [-0.25, -0.2) is 4.98 Å². The lowest BCUT2D eigenvalue weighted by molar-refractivity contribution is 0.989. The number of rotatable bonds is 4. The van der Waals surface area contributed by atoms with E-state index in [1.165, 1.54) is 6.33 Å². The van der Waals surface area contributed by atoms with Crippen LogP contribution in [-0.4, -0.2) is 21.5 Å². The van der Waals surface area contributed by atoms with Gasteiger partial charge >= 0.3 is 0 Å². The Kier molecular flexibility index (Phi) is 3.72. The molecule has 0 aliphatic heterocycles. The quantitative estimate of drug-likeness (QED) is 0.862. The molecule has 2 N–H and O–H groups in total. The average Bonchev–Trinajstić information content (AvgIpc) is 2.36. The highest BCUT2D eigenvalue weighted by Crippen LogP contribution is 2.11. The summed E-state index contributed by atoms with van der Waals surface area (Å²) in [4.78, 5) is 21.5. The van der Waals surface area contributed by atoms with Crippen molar-refractivity contribution in [3.8, 4) is 0 Å². The second kappa shape index (κ2) is 5.45. The summed E-state index contributed by atoms with van der Waals surface area (Å²) in [5.41, 5.74) is 0.821. The number of nitrogens with zero attached hydrogens (tertiary/aromatic N) is 2. The molecule has 0 saturated carbocycles. The zero-order chi connectivity index (χ0) is 12.1. The van der Waals surface area contributed by atoms with Crippen LogP contribution in [0.15, 0.2) is 35.6 Å². The van der Waals surface area contributed by atoms with Crippen molar-refractivity contribution in [2.24, 2.45) is 0 Å². The number of nitrogens with one attached hydrogen (secondary N) is 2. The largest absolute Gasteiger partial charge is 0.368 e. The summed E-state index contributed by atoms with van der Waals surface area (Å²) in [5.74, 6) is 0.407. The number of hydrogen-bond donors (Lipinski definition) is 2. The smallest absolute Gasteiger partial charge is 0.271 e. The third-order valence-corrected chi connectivity index (χ3v) is 2.60. The maximum Gasteiger partial charge on any atom is 0.271 e. The molecule has 0 bridgehead atoms. The average molecular weight is 251 g/mol. The van der Waals surface area contributed by atoms with Crippen LogP contribution in [-0.2, 0) is 6.42 Å². The van der Waals surface area contributed by atoms with Gasteiger partial charge in [0.15, 0.2) is 5.82 Å². The number of aromatic amines is 1. The summed E-state index contributed by atoms with van der Waals surface area (Å²) >= 11 is 5.80. The van der Waals surface area contributed by atoms with Crippen LogP contribution in [0, 0.1) is 0 Å². The number of pyridine rings is 1. The lowest BCUT2D eigenvalue weighted by atomic mass is 10.2. The summed E-state index contributed by atoms with van der Waals surface area (Å²) in [6.45, 7) is 0.653. The van der Waals surface area contributed by atoms with Gasteiger partial charge in [-0.2, -0.15) is 0 Å². The first-order valence-corrected chi connectivity index (χ1v) is 5.51. The van der Waals surface area contributed by atoms with Gasteiger partial charge in [-0.1, -0.05) is 11.6 Å². The SMILES string of the molecule is O=c1[nH]cnc(NCCc2ccncc2)c1Cl. The topological polar surface area (TPSA) is 70.7 Å². The van der Waals surface area contributed by atoms with Gasteiger partial charge in [0.1, 0.15) is 5.02 Å². The Labute approximate surface area is 103 Å². The van der Waals surface area contributed by atoms with Crippen molar-refractivity contribution in [1.29, 1.82) is 0 Å². The third kappa shape index (κ3) is 3.04. The highest BCUT2D eigenvalue weighted by Gasteiger charge is 2.04. The second-order valence-electron chi connectivity index (χ2n) is 3.43. The van der Waals surface area contributed by atoms with Gasteiger partial charge in [0.05, 0.1) is 6.33 Å². The summed E-state index contributed by atoms with van der Waals surface area (Å²) < 4.78 is 0. The van der Waals surface area contributed by atoms with Crippen LogP contribution in [0.2, 0.25) is 5.02 Å². The molecule has 6 heteroatoms. The standard InChI is InChI=1S/C11H11ClN4O/c12-9-10(15-7-16-11(9)17)14-6-3-8-1-4-13-5-2-8/h1-2,4-5,7H,3,6H2,(H2,14,15,16,17). The van der Waals surface area contributed by atoms with Gasteiger partial charge < -0.3 is 10.3 Å². The zero-order valence-electron chi connectivity index (χ0n) is 8.98. The summed E-state index contributed by atoms with van der Waals surface area (Å²) in [6.07, 6.45) is 5.62. The van der Waals surface area contributed by atoms with Crippen LogP contribution in [0.3, 0.4) is 0 Å². The number of anilines is 1. The van der Waals surface area contributed by atoms with E-state index in [-0.39, 0.29) is 10.6 Å². The molecule has 0 radical (unpaired) electrons. The van der Waals surface area contributed by atoms with Crippen LogP contribution in [0.4, 0.5) is 5.82 Å². The molecule has 5 nitrogen and oxygen atoms in total. The number of hydrogen-bond acceptors (Lipinski definition) is 4. The van der Waals surface area contributed by atoms with Crippen molar-refractivity contribution < 1.29 is 0 Å². The first kappa shape index (κ1) is 11.6. The fourth-order valence-electron chi connectivity index (χ4n) is 1.38. The number of aromatic nitrogens is 3. The Morgan fingerprint density at radius 1 is 1.35 bits per heavy atom. The first-order valence-electron chi connectivity index (χ1n) is 5.13. The molecule has 17 heavy (non-hydrogen) atoms. The predicted octanol–water partition coefficient (Wildman–Crippen LogP) is 1.47. The Hall–Kier alpha value is -1.88. The molecule has 0 saturated heterocycles. The Morgan fingerprint density at radius 2 is 2.12 bits per heavy atom. The normalized spacial score (nSPS) is 10.2. The lowest BCUT2D eigenvalue weighted by Gasteiger charge is -2.06. The van der Waals surface area contributed by atoms with E-state index in [1.807, 2.05) is 12.1 Å². The number of halogens is 1. The molecule has 0 fully saturated rings. The van der Waals surface area contributed by atoms with Crippen LogP contribution >= 0.6 is 11.6 Å². The van der Waals surface area contributed by atoms with Gasteiger partial charge in [0, 0.05) is 18.9 Å². The maximum absolute atomic E-state index is 11.2. The first-order chi connectivity index (χ1) is 8.27. The molecule has 2 aromatic rings. The van der Waals surface area contributed by atoms with Crippen molar-refractivity contribution >= 4 is 17.4 Å². The maximum atomic E-state index is 11.2. The highest BCUT2D eigenvalue weighted by molar-refractivity contribution is 6.32. The van der Waals surface area contributed by atoms with Crippen molar-refractivity contribution in [1.82, 2.24) is 15.0 Å². The van der Waals surface area contributed by atoms with Crippen molar-refractivity contribution in [3.05, 3.63) is 51.8 Å². The van der Waals surface area contributed by atoms with E-state index in [1.54, 1.807) is 12.4 Å². The van der Waals surface area contributed by atoms with E-state index in [0.29, 0.717) is 12.4 Å². The molecular weight excluding hydrogens is 240 g/mol. The molecule has 0 aliphatic carbocycles. The lowest BCUT2D eigenvalue weighted by Crippen LogP contribution is -2.13. The number of H-pyrrole nitrogens is 1. The van der Waals surface area contributed by atoms with E-state index >= 15 is 0 Å². The zero-order valence-corrected chi connectivity index (χ0v) is 9.74.